The van der Waals surface area contributed by atoms with Gasteiger partial charge in [0.2, 0.25) is 11.5 Å². The predicted octanol–water partition coefficient (Wildman–Crippen LogP) is 3.90. The molecule has 3 heterocycles. The molecular weight excluding hydrogens is 314 g/mol. The summed E-state index contributed by atoms with van der Waals surface area (Å²) >= 11 is 1.58. The highest BCUT2D eigenvalue weighted by Crippen LogP contribution is 2.30. The van der Waals surface area contributed by atoms with Gasteiger partial charge < -0.3 is 15.4 Å². The minimum Gasteiger partial charge on any atom is -0.358 e. The molecule has 0 aliphatic carbocycles. The highest BCUT2D eigenvalue weighted by Gasteiger charge is 2.22. The van der Waals surface area contributed by atoms with E-state index in [2.05, 4.69) is 15.3 Å². The maximum atomic E-state index is 11.4. The van der Waals surface area contributed by atoms with Crippen molar-refractivity contribution in [3.8, 4) is 0 Å². The van der Waals surface area contributed by atoms with Gasteiger partial charge in [-0.05, 0) is 36.1 Å². The van der Waals surface area contributed by atoms with E-state index in [0.717, 1.165) is 20.9 Å². The van der Waals surface area contributed by atoms with Crippen molar-refractivity contribution in [3.63, 3.8) is 0 Å². The highest BCUT2D eigenvalue weighted by molar-refractivity contribution is 7.18. The molecule has 4 aromatic rings. The maximum Gasteiger partial charge on any atom is 0.372 e. The number of nitro groups is 1. The summed E-state index contributed by atoms with van der Waals surface area (Å²) in [5.41, 5.74) is 2.19. The number of pyridine rings is 1. The molecule has 4 rings (SSSR count). The van der Waals surface area contributed by atoms with E-state index in [1.807, 2.05) is 25.1 Å². The predicted molar refractivity (Wildman–Crippen MR) is 89.5 cm³/mol. The minimum atomic E-state index is -0.433. The lowest BCUT2D eigenvalue weighted by atomic mass is 10.3. The number of benzene rings is 1. The van der Waals surface area contributed by atoms with E-state index in [1.165, 1.54) is 4.40 Å². The van der Waals surface area contributed by atoms with Gasteiger partial charge in [0.05, 0.1) is 21.4 Å². The Balaban J connectivity index is 1.81. The van der Waals surface area contributed by atoms with Crippen LogP contribution in [0.2, 0.25) is 0 Å². The zero-order valence-electron chi connectivity index (χ0n) is 12.1. The van der Waals surface area contributed by atoms with Crippen LogP contribution in [0.4, 0.5) is 17.3 Å². The number of nitrogens with one attached hydrogen (secondary N) is 1. The normalized spacial score (nSPS) is 11.2. The number of thiazole rings is 1. The Morgan fingerprint density at radius 2 is 2.13 bits per heavy atom. The van der Waals surface area contributed by atoms with Crippen molar-refractivity contribution < 1.29 is 4.92 Å². The summed E-state index contributed by atoms with van der Waals surface area (Å²) in [7, 11) is 0. The van der Waals surface area contributed by atoms with Crippen molar-refractivity contribution in [2.45, 2.75) is 6.92 Å². The molecule has 8 heteroatoms. The molecule has 1 aromatic carbocycles. The molecule has 0 atom stereocenters. The van der Waals surface area contributed by atoms with Crippen LogP contribution in [-0.4, -0.2) is 19.3 Å². The molecule has 0 unspecified atom stereocenters. The van der Waals surface area contributed by atoms with Crippen LogP contribution in [-0.2, 0) is 0 Å². The summed E-state index contributed by atoms with van der Waals surface area (Å²) in [6, 6.07) is 10.9. The SMILES string of the molecule is Cc1nc2ccc(Nc3nc4ccccn4c3[N+](=O)[O-])cc2s1. The number of imidazole rings is 1. The lowest BCUT2D eigenvalue weighted by Gasteiger charge is -2.03. The van der Waals surface area contributed by atoms with Gasteiger partial charge in [-0.25, -0.2) is 4.98 Å². The number of rotatable bonds is 3. The summed E-state index contributed by atoms with van der Waals surface area (Å²) < 4.78 is 2.48. The van der Waals surface area contributed by atoms with Crippen LogP contribution in [0.1, 0.15) is 5.01 Å². The average Bonchev–Trinajstić information content (AvgIpc) is 3.05. The number of hydrogen-bond donors (Lipinski definition) is 1. The van der Waals surface area contributed by atoms with E-state index in [-0.39, 0.29) is 11.6 Å². The van der Waals surface area contributed by atoms with Gasteiger partial charge in [0.25, 0.3) is 0 Å². The molecule has 0 fully saturated rings. The molecule has 3 aromatic heterocycles. The fourth-order valence-corrected chi connectivity index (χ4v) is 3.36. The van der Waals surface area contributed by atoms with Gasteiger partial charge in [-0.1, -0.05) is 6.07 Å². The highest BCUT2D eigenvalue weighted by atomic mass is 32.1. The van der Waals surface area contributed by atoms with Gasteiger partial charge in [0.15, 0.2) is 0 Å². The monoisotopic (exact) mass is 325 g/mol. The Morgan fingerprint density at radius 1 is 1.26 bits per heavy atom. The summed E-state index contributed by atoms with van der Waals surface area (Å²) in [4.78, 5) is 19.7. The second kappa shape index (κ2) is 5.03. The quantitative estimate of drug-likeness (QED) is 0.456. The summed E-state index contributed by atoms with van der Waals surface area (Å²) in [6.07, 6.45) is 1.63. The molecule has 0 amide bonds. The third kappa shape index (κ3) is 2.29. The van der Waals surface area contributed by atoms with E-state index in [4.69, 9.17) is 0 Å². The van der Waals surface area contributed by atoms with E-state index in [1.54, 1.807) is 35.7 Å². The van der Waals surface area contributed by atoms with E-state index >= 15 is 0 Å². The minimum absolute atomic E-state index is 0.0822. The standard InChI is InChI=1S/C15H11N5O2S/c1-9-16-11-6-5-10(8-12(11)23-9)17-14-15(20(21)22)19-7-3-2-4-13(19)18-14/h2-8,17H,1H3. The Morgan fingerprint density at radius 3 is 2.96 bits per heavy atom. The molecular formula is C15H11N5O2S. The van der Waals surface area contributed by atoms with Gasteiger partial charge in [-0.15, -0.1) is 11.3 Å². The number of aromatic nitrogens is 3. The van der Waals surface area contributed by atoms with Crippen LogP contribution in [0.5, 0.6) is 0 Å². The first-order valence-corrected chi connectivity index (χ1v) is 7.69. The van der Waals surface area contributed by atoms with Crippen molar-refractivity contribution in [2.75, 3.05) is 5.32 Å². The van der Waals surface area contributed by atoms with Crippen molar-refractivity contribution in [1.82, 2.24) is 14.4 Å². The van der Waals surface area contributed by atoms with E-state index in [9.17, 15) is 10.1 Å². The van der Waals surface area contributed by atoms with Crippen molar-refractivity contribution in [2.24, 2.45) is 0 Å². The molecule has 0 aliphatic heterocycles. The maximum absolute atomic E-state index is 11.4. The van der Waals surface area contributed by atoms with Gasteiger partial charge in [0.1, 0.15) is 0 Å². The molecule has 1 N–H and O–H groups in total. The molecule has 0 spiro atoms. The Bertz CT molecular complexity index is 1050. The van der Waals surface area contributed by atoms with Crippen LogP contribution >= 0.6 is 11.3 Å². The Hall–Kier alpha value is -3.00. The molecule has 0 saturated carbocycles. The largest absolute Gasteiger partial charge is 0.372 e. The van der Waals surface area contributed by atoms with Crippen molar-refractivity contribution >= 4 is 44.5 Å². The summed E-state index contributed by atoms with van der Waals surface area (Å²) in [5.74, 6) is 0.142. The Kier molecular flexibility index (Phi) is 2.98. The van der Waals surface area contributed by atoms with Gasteiger partial charge in [0, 0.05) is 11.8 Å². The number of fused-ring (bicyclic) bond motifs is 2. The molecule has 0 bridgehead atoms. The first kappa shape index (κ1) is 13.6. The summed E-state index contributed by atoms with van der Waals surface area (Å²) in [6.45, 7) is 1.95. The Labute approximate surface area is 134 Å². The molecule has 0 radical (unpaired) electrons. The third-order valence-electron chi connectivity index (χ3n) is 3.44. The fourth-order valence-electron chi connectivity index (χ4n) is 2.50. The first-order chi connectivity index (χ1) is 11.1. The van der Waals surface area contributed by atoms with Gasteiger partial charge >= 0.3 is 5.82 Å². The number of hydrogen-bond acceptors (Lipinski definition) is 6. The lowest BCUT2D eigenvalue weighted by Crippen LogP contribution is -1.98. The molecule has 23 heavy (non-hydrogen) atoms. The molecule has 7 nitrogen and oxygen atoms in total. The van der Waals surface area contributed by atoms with Gasteiger partial charge in [-0.2, -0.15) is 9.38 Å². The third-order valence-corrected chi connectivity index (χ3v) is 4.37. The van der Waals surface area contributed by atoms with Crippen molar-refractivity contribution in [3.05, 3.63) is 57.7 Å². The van der Waals surface area contributed by atoms with Crippen LogP contribution in [0.25, 0.3) is 15.9 Å². The zero-order valence-corrected chi connectivity index (χ0v) is 12.9. The smallest absolute Gasteiger partial charge is 0.358 e. The molecule has 114 valence electrons. The summed E-state index contributed by atoms with van der Waals surface area (Å²) in [5, 5.41) is 15.4. The van der Waals surface area contributed by atoms with Crippen LogP contribution in [0.15, 0.2) is 42.6 Å². The average molecular weight is 325 g/mol. The van der Waals surface area contributed by atoms with Gasteiger partial charge in [-0.3, -0.25) is 0 Å². The molecule has 0 saturated heterocycles. The van der Waals surface area contributed by atoms with Crippen molar-refractivity contribution in [1.29, 1.82) is 0 Å². The number of anilines is 2. The lowest BCUT2D eigenvalue weighted by molar-refractivity contribution is -0.389. The number of aryl methyl sites for hydroxylation is 1. The topological polar surface area (TPSA) is 85.4 Å². The molecule has 0 aliphatic rings. The second-order valence-corrected chi connectivity index (χ2v) is 6.25. The second-order valence-electron chi connectivity index (χ2n) is 5.01. The van der Waals surface area contributed by atoms with Crippen LogP contribution in [0.3, 0.4) is 0 Å². The first-order valence-electron chi connectivity index (χ1n) is 6.87. The van der Waals surface area contributed by atoms with E-state index in [0.29, 0.717) is 5.65 Å². The number of nitrogens with zero attached hydrogens (tertiary/aromatic N) is 4. The van der Waals surface area contributed by atoms with E-state index < -0.39 is 4.92 Å². The zero-order chi connectivity index (χ0) is 16.0. The fraction of sp³-hybridized carbons (Fsp3) is 0.0667. The van der Waals surface area contributed by atoms with Crippen LogP contribution in [0, 0.1) is 17.0 Å². The van der Waals surface area contributed by atoms with Crippen LogP contribution < -0.4 is 5.32 Å².